The number of urea groups is 1. The van der Waals surface area contributed by atoms with Crippen LogP contribution < -0.4 is 10.6 Å². The first kappa shape index (κ1) is 20.6. The summed E-state index contributed by atoms with van der Waals surface area (Å²) in [5, 5.41) is 15.0. The van der Waals surface area contributed by atoms with Crippen LogP contribution in [0.15, 0.2) is 60.7 Å². The first-order chi connectivity index (χ1) is 14.9. The third-order valence-electron chi connectivity index (χ3n) is 6.08. The first-order valence-corrected chi connectivity index (χ1v) is 10.3. The van der Waals surface area contributed by atoms with Crippen LogP contribution in [0.3, 0.4) is 0 Å². The molecule has 4 amide bonds. The van der Waals surface area contributed by atoms with E-state index in [-0.39, 0.29) is 12.3 Å². The lowest BCUT2D eigenvalue weighted by Gasteiger charge is -2.28. The highest BCUT2D eigenvalue weighted by atomic mass is 16.2. The van der Waals surface area contributed by atoms with Crippen LogP contribution in [0, 0.1) is 17.2 Å². The Morgan fingerprint density at radius 3 is 2.35 bits per heavy atom. The van der Waals surface area contributed by atoms with Gasteiger partial charge in [0.05, 0.1) is 6.07 Å². The molecule has 2 fully saturated rings. The molecule has 0 aromatic heterocycles. The maximum Gasteiger partial charge on any atom is 0.325 e. The SMILES string of the molecule is CC(C#N)(NC(=O)CN1C(=O)NC(Cc2ccccc2)(c2ccccc2)C1=O)C1CC1. The van der Waals surface area contributed by atoms with Crippen molar-refractivity contribution < 1.29 is 14.4 Å². The Labute approximate surface area is 181 Å². The van der Waals surface area contributed by atoms with Gasteiger partial charge in [0.15, 0.2) is 5.54 Å². The number of carbonyl (C=O) groups excluding carboxylic acids is 3. The monoisotopic (exact) mass is 416 g/mol. The van der Waals surface area contributed by atoms with Crippen molar-refractivity contribution >= 4 is 17.8 Å². The number of nitrogens with one attached hydrogen (secondary N) is 2. The lowest BCUT2D eigenvalue weighted by molar-refractivity contribution is -0.135. The summed E-state index contributed by atoms with van der Waals surface area (Å²) in [7, 11) is 0. The molecule has 31 heavy (non-hydrogen) atoms. The predicted octanol–water partition coefficient (Wildman–Crippen LogP) is 2.48. The van der Waals surface area contributed by atoms with E-state index < -0.39 is 35.5 Å². The fraction of sp³-hybridized carbons (Fsp3) is 0.333. The molecule has 7 nitrogen and oxygen atoms in total. The molecular weight excluding hydrogens is 392 g/mol. The number of nitriles is 1. The Morgan fingerprint density at radius 2 is 1.77 bits per heavy atom. The van der Waals surface area contributed by atoms with Crippen LogP contribution in [0.1, 0.15) is 30.9 Å². The Balaban J connectivity index is 1.60. The Hall–Kier alpha value is -3.66. The van der Waals surface area contributed by atoms with Gasteiger partial charge in [-0.05, 0) is 36.8 Å². The third-order valence-corrected chi connectivity index (χ3v) is 6.08. The van der Waals surface area contributed by atoms with E-state index in [9.17, 15) is 19.6 Å². The summed E-state index contributed by atoms with van der Waals surface area (Å²) in [6, 6.07) is 20.0. The molecule has 2 aromatic rings. The van der Waals surface area contributed by atoms with Crippen molar-refractivity contribution in [3.8, 4) is 6.07 Å². The van der Waals surface area contributed by atoms with Gasteiger partial charge < -0.3 is 10.6 Å². The number of benzene rings is 2. The molecule has 1 heterocycles. The van der Waals surface area contributed by atoms with Gasteiger partial charge in [-0.2, -0.15) is 5.26 Å². The van der Waals surface area contributed by atoms with E-state index in [0.29, 0.717) is 5.56 Å². The zero-order valence-electron chi connectivity index (χ0n) is 17.3. The molecule has 7 heteroatoms. The average Bonchev–Trinajstić information content (AvgIpc) is 3.61. The average molecular weight is 416 g/mol. The standard InChI is InChI=1S/C24H24N4O3/c1-23(16-25,18-12-13-18)26-20(29)15-28-21(30)24(27-22(28)31,19-10-6-3-7-11-19)14-17-8-4-2-5-9-17/h2-11,18H,12-15H2,1H3,(H,26,29)(H,27,31). The van der Waals surface area contributed by atoms with Gasteiger partial charge in [-0.3, -0.25) is 14.5 Å². The number of carbonyl (C=O) groups is 3. The van der Waals surface area contributed by atoms with E-state index in [4.69, 9.17) is 0 Å². The van der Waals surface area contributed by atoms with E-state index in [1.807, 2.05) is 48.5 Å². The Kier molecular flexibility index (Phi) is 5.24. The molecule has 0 spiro atoms. The second kappa shape index (κ2) is 7.88. The molecule has 0 bridgehead atoms. The number of hydrogen-bond donors (Lipinski definition) is 2. The van der Waals surface area contributed by atoms with Crippen molar-refractivity contribution in [3.05, 3.63) is 71.8 Å². The van der Waals surface area contributed by atoms with Crippen molar-refractivity contribution in [2.75, 3.05) is 6.54 Å². The maximum atomic E-state index is 13.6. The van der Waals surface area contributed by atoms with Crippen LogP contribution in [0.25, 0.3) is 0 Å². The van der Waals surface area contributed by atoms with Crippen LogP contribution in [-0.2, 0) is 21.5 Å². The van der Waals surface area contributed by atoms with E-state index >= 15 is 0 Å². The zero-order valence-corrected chi connectivity index (χ0v) is 17.3. The molecule has 2 aliphatic rings. The minimum absolute atomic E-state index is 0.103. The van der Waals surface area contributed by atoms with Crippen molar-refractivity contribution in [1.29, 1.82) is 5.26 Å². The van der Waals surface area contributed by atoms with Gasteiger partial charge in [0, 0.05) is 6.42 Å². The largest absolute Gasteiger partial charge is 0.336 e. The minimum Gasteiger partial charge on any atom is -0.336 e. The minimum atomic E-state index is -1.30. The summed E-state index contributed by atoms with van der Waals surface area (Å²) < 4.78 is 0. The van der Waals surface area contributed by atoms with E-state index in [0.717, 1.165) is 23.3 Å². The summed E-state index contributed by atoms with van der Waals surface area (Å²) in [5.41, 5.74) is -0.747. The predicted molar refractivity (Wildman–Crippen MR) is 113 cm³/mol. The van der Waals surface area contributed by atoms with Crippen molar-refractivity contribution in [3.63, 3.8) is 0 Å². The summed E-state index contributed by atoms with van der Waals surface area (Å²) in [4.78, 5) is 40.0. The number of imide groups is 1. The molecule has 2 aromatic carbocycles. The molecule has 1 aliphatic heterocycles. The van der Waals surface area contributed by atoms with Gasteiger partial charge in [-0.1, -0.05) is 60.7 Å². The fourth-order valence-electron chi connectivity index (χ4n) is 4.17. The first-order valence-electron chi connectivity index (χ1n) is 10.3. The van der Waals surface area contributed by atoms with E-state index in [1.165, 1.54) is 0 Å². The van der Waals surface area contributed by atoms with Crippen LogP contribution in [0.4, 0.5) is 4.79 Å². The van der Waals surface area contributed by atoms with Gasteiger partial charge in [-0.25, -0.2) is 4.79 Å². The summed E-state index contributed by atoms with van der Waals surface area (Å²) in [6.07, 6.45) is 2.02. The van der Waals surface area contributed by atoms with E-state index in [1.54, 1.807) is 19.1 Å². The highest BCUT2D eigenvalue weighted by molar-refractivity contribution is 6.09. The summed E-state index contributed by atoms with van der Waals surface area (Å²) in [5.74, 6) is -0.901. The smallest absolute Gasteiger partial charge is 0.325 e. The van der Waals surface area contributed by atoms with Crippen LogP contribution in [0.2, 0.25) is 0 Å². The molecule has 1 aliphatic carbocycles. The lowest BCUT2D eigenvalue weighted by Crippen LogP contribution is -2.51. The molecular formula is C24H24N4O3. The molecule has 4 rings (SSSR count). The quantitative estimate of drug-likeness (QED) is 0.677. The van der Waals surface area contributed by atoms with Crippen LogP contribution >= 0.6 is 0 Å². The molecule has 2 atom stereocenters. The second-order valence-corrected chi connectivity index (χ2v) is 8.39. The molecule has 0 radical (unpaired) electrons. The van der Waals surface area contributed by atoms with Gasteiger partial charge in [0.1, 0.15) is 12.1 Å². The molecule has 1 saturated carbocycles. The maximum absolute atomic E-state index is 13.6. The summed E-state index contributed by atoms with van der Waals surface area (Å²) >= 11 is 0. The highest BCUT2D eigenvalue weighted by Gasteiger charge is 2.53. The molecule has 2 N–H and O–H groups in total. The zero-order chi connectivity index (χ0) is 22.1. The number of amides is 4. The van der Waals surface area contributed by atoms with Crippen molar-refractivity contribution in [1.82, 2.24) is 15.5 Å². The van der Waals surface area contributed by atoms with Gasteiger partial charge in [0.2, 0.25) is 5.91 Å². The lowest BCUT2D eigenvalue weighted by atomic mass is 9.83. The van der Waals surface area contributed by atoms with Gasteiger partial charge >= 0.3 is 6.03 Å². The van der Waals surface area contributed by atoms with Crippen molar-refractivity contribution in [2.24, 2.45) is 5.92 Å². The third kappa shape index (κ3) is 3.89. The molecule has 2 unspecified atom stereocenters. The van der Waals surface area contributed by atoms with Crippen molar-refractivity contribution in [2.45, 2.75) is 37.3 Å². The van der Waals surface area contributed by atoms with Gasteiger partial charge in [0.25, 0.3) is 5.91 Å². The van der Waals surface area contributed by atoms with Crippen LogP contribution in [0.5, 0.6) is 0 Å². The molecule has 158 valence electrons. The number of nitrogens with zero attached hydrogens (tertiary/aromatic N) is 2. The topological polar surface area (TPSA) is 102 Å². The normalized spacial score (nSPS) is 22.4. The fourth-order valence-corrected chi connectivity index (χ4v) is 4.17. The second-order valence-electron chi connectivity index (χ2n) is 8.39. The van der Waals surface area contributed by atoms with Gasteiger partial charge in [-0.15, -0.1) is 0 Å². The van der Waals surface area contributed by atoms with E-state index in [2.05, 4.69) is 16.7 Å². The highest BCUT2D eigenvalue weighted by Crippen LogP contribution is 2.39. The summed E-state index contributed by atoms with van der Waals surface area (Å²) in [6.45, 7) is 1.25. The number of hydrogen-bond acceptors (Lipinski definition) is 4. The number of rotatable bonds is 7. The molecule has 1 saturated heterocycles. The Morgan fingerprint density at radius 1 is 1.16 bits per heavy atom. The Bertz CT molecular complexity index is 1050. The van der Waals surface area contributed by atoms with Crippen LogP contribution in [-0.4, -0.2) is 34.8 Å².